The predicted octanol–water partition coefficient (Wildman–Crippen LogP) is 4.56. The molecule has 5 rings (SSSR count). The van der Waals surface area contributed by atoms with Crippen molar-refractivity contribution >= 4 is 17.7 Å². The molecule has 4 fully saturated rings. The number of cyclic esters (lactones) is 1. The summed E-state index contributed by atoms with van der Waals surface area (Å²) in [5.74, 6) is -0.889. The molecule has 1 aromatic rings. The maximum atomic E-state index is 13.4. The highest BCUT2D eigenvalue weighted by Crippen LogP contribution is 2.71. The first-order valence-electron chi connectivity index (χ1n) is 12.1. The van der Waals surface area contributed by atoms with Gasteiger partial charge in [0.25, 0.3) is 0 Å². The lowest BCUT2D eigenvalue weighted by atomic mass is 9.41. The minimum atomic E-state index is -0.949. The Kier molecular flexibility index (Phi) is 5.01. The van der Waals surface area contributed by atoms with Crippen molar-refractivity contribution in [2.45, 2.75) is 77.6 Å². The summed E-state index contributed by atoms with van der Waals surface area (Å²) in [6.07, 6.45) is 4.23. The number of Topliss-reactive ketones (excluding diaryl/α,β-unsaturated/α-hetero) is 1. The quantitative estimate of drug-likeness (QED) is 0.472. The van der Waals surface area contributed by atoms with E-state index in [2.05, 4.69) is 20.4 Å². The number of carbonyl (C=O) groups excluding carboxylic acids is 3. The Balaban J connectivity index is 1.63. The number of fused-ring (bicyclic) bond motifs is 3. The van der Waals surface area contributed by atoms with Crippen molar-refractivity contribution in [3.63, 3.8) is 0 Å². The second kappa shape index (κ2) is 7.30. The van der Waals surface area contributed by atoms with E-state index in [9.17, 15) is 14.4 Å². The van der Waals surface area contributed by atoms with Gasteiger partial charge >= 0.3 is 11.9 Å². The van der Waals surface area contributed by atoms with Crippen LogP contribution in [0.1, 0.15) is 71.5 Å². The largest absolute Gasteiger partial charge is 0.472 e. The zero-order chi connectivity index (χ0) is 24.7. The second-order valence-electron chi connectivity index (χ2n) is 11.6. The van der Waals surface area contributed by atoms with E-state index in [0.29, 0.717) is 0 Å². The molecule has 0 unspecified atom stereocenters. The molecule has 7 nitrogen and oxygen atoms in total. The summed E-state index contributed by atoms with van der Waals surface area (Å²) in [7, 11) is 1.38. The zero-order valence-corrected chi connectivity index (χ0v) is 20.6. The van der Waals surface area contributed by atoms with E-state index in [1.807, 2.05) is 19.9 Å². The van der Waals surface area contributed by atoms with E-state index >= 15 is 0 Å². The standard InChI is InChI=1S/C27H34O7/c1-15-17-7-9-25(4)23(16-8-10-32-14-16)33-22(30)13-27(15,25)34-20-12-19(28)24(2,3)18(26(17,20)5)11-21(29)31-6/h8,10,14,17-18,20,23H,1,7,9,11-13H2,2-6H3/t17-,18-,20-,23-,25-,26+,27+/m0/s1. The molecule has 34 heavy (non-hydrogen) atoms. The predicted molar refractivity (Wildman–Crippen MR) is 121 cm³/mol. The average Bonchev–Trinajstić information content (AvgIpc) is 3.30. The molecule has 4 aliphatic rings. The number of methoxy groups -OCH3 is 1. The van der Waals surface area contributed by atoms with E-state index in [0.717, 1.165) is 24.0 Å². The van der Waals surface area contributed by atoms with E-state index in [1.165, 1.54) is 7.11 Å². The second-order valence-corrected chi connectivity index (χ2v) is 11.6. The maximum absolute atomic E-state index is 13.4. The highest BCUT2D eigenvalue weighted by molar-refractivity contribution is 5.87. The fourth-order valence-corrected chi connectivity index (χ4v) is 7.88. The van der Waals surface area contributed by atoms with Crippen LogP contribution in [0, 0.1) is 28.1 Å². The van der Waals surface area contributed by atoms with Gasteiger partial charge in [-0.2, -0.15) is 0 Å². The van der Waals surface area contributed by atoms with E-state index in [1.54, 1.807) is 12.5 Å². The maximum Gasteiger partial charge on any atom is 0.309 e. The summed E-state index contributed by atoms with van der Waals surface area (Å²) in [4.78, 5) is 38.8. The van der Waals surface area contributed by atoms with Crippen LogP contribution >= 0.6 is 0 Å². The number of ketones is 1. The third kappa shape index (κ3) is 2.76. The molecule has 7 atom stereocenters. The van der Waals surface area contributed by atoms with Crippen LogP contribution in [0.2, 0.25) is 0 Å². The van der Waals surface area contributed by atoms with Gasteiger partial charge < -0.3 is 18.6 Å². The molecule has 184 valence electrons. The Morgan fingerprint density at radius 2 is 1.97 bits per heavy atom. The third-order valence-electron chi connectivity index (χ3n) is 9.98. The van der Waals surface area contributed by atoms with Crippen molar-refractivity contribution in [1.82, 2.24) is 0 Å². The van der Waals surface area contributed by atoms with Crippen molar-refractivity contribution in [2.75, 3.05) is 7.11 Å². The first kappa shape index (κ1) is 23.3. The van der Waals surface area contributed by atoms with Crippen LogP contribution in [0.4, 0.5) is 0 Å². The summed E-state index contributed by atoms with van der Waals surface area (Å²) in [5.41, 5.74) is -1.05. The fraction of sp³-hybridized carbons (Fsp3) is 0.667. The smallest absolute Gasteiger partial charge is 0.309 e. The molecule has 0 radical (unpaired) electrons. The molecule has 0 aromatic carbocycles. The van der Waals surface area contributed by atoms with Crippen molar-refractivity contribution in [1.29, 1.82) is 0 Å². The molecular formula is C27H34O7. The van der Waals surface area contributed by atoms with E-state index in [-0.39, 0.29) is 48.8 Å². The van der Waals surface area contributed by atoms with Crippen molar-refractivity contribution < 1.29 is 33.0 Å². The lowest BCUT2D eigenvalue weighted by molar-refractivity contribution is -0.298. The minimum absolute atomic E-state index is 0.00254. The molecule has 1 spiro atoms. The van der Waals surface area contributed by atoms with Gasteiger partial charge in [0, 0.05) is 34.7 Å². The molecule has 1 aromatic heterocycles. The summed E-state index contributed by atoms with van der Waals surface area (Å²) in [6, 6.07) is 1.82. The number of ether oxygens (including phenoxy) is 3. The van der Waals surface area contributed by atoms with Crippen LogP contribution < -0.4 is 0 Å². The zero-order valence-electron chi connectivity index (χ0n) is 20.6. The molecule has 7 heteroatoms. The van der Waals surface area contributed by atoms with Gasteiger partial charge in [-0.25, -0.2) is 0 Å². The van der Waals surface area contributed by atoms with Crippen LogP contribution in [0.25, 0.3) is 0 Å². The number of hydrogen-bond acceptors (Lipinski definition) is 7. The van der Waals surface area contributed by atoms with Crippen LogP contribution in [-0.4, -0.2) is 36.5 Å². The first-order valence-corrected chi connectivity index (χ1v) is 12.1. The van der Waals surface area contributed by atoms with Crippen LogP contribution in [0.5, 0.6) is 0 Å². The number of carbonyl (C=O) groups is 3. The Morgan fingerprint density at radius 3 is 2.62 bits per heavy atom. The van der Waals surface area contributed by atoms with Crippen molar-refractivity contribution in [2.24, 2.45) is 28.1 Å². The molecule has 2 aliphatic carbocycles. The van der Waals surface area contributed by atoms with Gasteiger partial charge in [0.1, 0.15) is 17.5 Å². The van der Waals surface area contributed by atoms with Gasteiger partial charge in [0.05, 0.1) is 32.2 Å². The SMILES string of the molecule is C=C1[C@@H]2CC[C@@]3(C)[C@H](c4ccoc4)OC(=O)C[C@@]13O[C@H]1CC(=O)C(C)(C)[C@H](CC(=O)OC)[C@]12C. The van der Waals surface area contributed by atoms with Crippen LogP contribution in [0.3, 0.4) is 0 Å². The van der Waals surface area contributed by atoms with Crippen LogP contribution in [-0.2, 0) is 28.6 Å². The summed E-state index contributed by atoms with van der Waals surface area (Å²) in [6.45, 7) is 12.6. The Labute approximate surface area is 200 Å². The Morgan fingerprint density at radius 1 is 1.24 bits per heavy atom. The van der Waals surface area contributed by atoms with Gasteiger partial charge in [0.2, 0.25) is 0 Å². The summed E-state index contributed by atoms with van der Waals surface area (Å²) < 4.78 is 23.2. The molecule has 0 amide bonds. The summed E-state index contributed by atoms with van der Waals surface area (Å²) >= 11 is 0. The molecule has 2 saturated heterocycles. The molecular weight excluding hydrogens is 436 g/mol. The van der Waals surface area contributed by atoms with Gasteiger partial charge in [-0.15, -0.1) is 0 Å². The lowest BCUT2D eigenvalue weighted by Gasteiger charge is -2.70. The molecule has 0 N–H and O–H groups in total. The van der Waals surface area contributed by atoms with Gasteiger partial charge in [-0.1, -0.05) is 34.3 Å². The molecule has 2 bridgehead atoms. The normalized spacial score (nSPS) is 42.9. The first-order chi connectivity index (χ1) is 15.9. The van der Waals surface area contributed by atoms with Gasteiger partial charge in [-0.05, 0) is 36.3 Å². The van der Waals surface area contributed by atoms with Crippen LogP contribution in [0.15, 0.2) is 35.2 Å². The highest BCUT2D eigenvalue weighted by Gasteiger charge is 2.73. The Bertz CT molecular complexity index is 1060. The monoisotopic (exact) mass is 470 g/mol. The highest BCUT2D eigenvalue weighted by atomic mass is 16.6. The van der Waals surface area contributed by atoms with E-state index < -0.39 is 34.1 Å². The lowest BCUT2D eigenvalue weighted by Crippen LogP contribution is -2.72. The average molecular weight is 471 g/mol. The van der Waals surface area contributed by atoms with Gasteiger partial charge in [0.15, 0.2) is 0 Å². The number of rotatable bonds is 3. The molecule has 2 aliphatic heterocycles. The van der Waals surface area contributed by atoms with Crippen molar-refractivity contribution in [3.8, 4) is 0 Å². The van der Waals surface area contributed by atoms with E-state index in [4.69, 9.17) is 18.6 Å². The molecule has 2 saturated carbocycles. The minimum Gasteiger partial charge on any atom is -0.472 e. The third-order valence-corrected chi connectivity index (χ3v) is 9.98. The fourth-order valence-electron chi connectivity index (χ4n) is 7.88. The number of hydrogen-bond donors (Lipinski definition) is 0. The van der Waals surface area contributed by atoms with Gasteiger partial charge in [-0.3, -0.25) is 14.4 Å². The number of furan rings is 1. The topological polar surface area (TPSA) is 92.0 Å². The number of esters is 2. The Hall–Kier alpha value is -2.41. The van der Waals surface area contributed by atoms with Crippen molar-refractivity contribution in [3.05, 3.63) is 36.3 Å². The summed E-state index contributed by atoms with van der Waals surface area (Å²) in [5, 5.41) is 0. The molecule has 3 heterocycles.